The molecule has 0 aromatic carbocycles. The number of ether oxygens (including phenoxy) is 4. The molecule has 3 N–H and O–H groups in total. The molecular formula is C79H150O17P2. The molecule has 98 heavy (non-hydrogen) atoms. The van der Waals surface area contributed by atoms with Gasteiger partial charge >= 0.3 is 39.5 Å². The number of carbonyl (C=O) groups is 4. The van der Waals surface area contributed by atoms with E-state index in [0.717, 1.165) is 115 Å². The minimum Gasteiger partial charge on any atom is -0.462 e. The number of unbranched alkanes of at least 4 members (excludes halogenated alkanes) is 46. The van der Waals surface area contributed by atoms with Gasteiger partial charge < -0.3 is 33.8 Å². The lowest BCUT2D eigenvalue weighted by Gasteiger charge is -2.21. The van der Waals surface area contributed by atoms with E-state index in [1.165, 1.54) is 199 Å². The molecule has 0 aromatic heterocycles. The van der Waals surface area contributed by atoms with Crippen molar-refractivity contribution in [2.45, 2.75) is 412 Å². The third-order valence-electron chi connectivity index (χ3n) is 17.9. The highest BCUT2D eigenvalue weighted by Crippen LogP contribution is 2.45. The summed E-state index contributed by atoms with van der Waals surface area (Å²) in [6.07, 6.45) is 65.2. The largest absolute Gasteiger partial charge is 0.472 e. The molecule has 0 bridgehead atoms. The van der Waals surface area contributed by atoms with E-state index in [1.807, 2.05) is 0 Å². The average molecular weight is 1430 g/mol. The van der Waals surface area contributed by atoms with Crippen molar-refractivity contribution >= 4 is 39.5 Å². The van der Waals surface area contributed by atoms with Gasteiger partial charge in [-0.1, -0.05) is 341 Å². The van der Waals surface area contributed by atoms with Gasteiger partial charge in [-0.3, -0.25) is 37.3 Å². The first-order valence-corrected chi connectivity index (χ1v) is 43.4. The number of esters is 4. The standard InChI is InChI=1S/C79H150O17P2/c1-6-9-12-15-17-19-21-23-25-26-27-28-29-30-32-38-42-46-50-55-60-65-79(84)96-75(69-90-77(82)63-58-53-48-44-40-36-34-33-35-39-43-47-52-56-61-72(4)5)71-94-98(87,88)92-67-73(80)66-91-97(85,86)93-70-74(68-89-76(81)62-57-51-14-11-8-3)95-78(83)64-59-54-49-45-41-37-31-24-22-20-18-16-13-10-7-2/h20,22,24,31,72-75,80H,6-19,21,23,25-30,32-71H2,1-5H3,(H,85,86)(H,87,88)/b22-20-,31-24-/t73-,74+,75+/m0/s1. The zero-order chi connectivity index (χ0) is 71.9. The molecule has 0 saturated carbocycles. The van der Waals surface area contributed by atoms with E-state index in [2.05, 4.69) is 58.9 Å². The molecule has 0 amide bonds. The summed E-state index contributed by atoms with van der Waals surface area (Å²) in [5.41, 5.74) is 0. The number of rotatable bonds is 77. The Bertz CT molecular complexity index is 1970. The molecular weight excluding hydrogens is 1280 g/mol. The van der Waals surface area contributed by atoms with Crippen LogP contribution < -0.4 is 0 Å². The van der Waals surface area contributed by atoms with Crippen molar-refractivity contribution in [2.75, 3.05) is 39.6 Å². The quantitative estimate of drug-likeness (QED) is 0.0169. The zero-order valence-corrected chi connectivity index (χ0v) is 65.2. The predicted molar refractivity (Wildman–Crippen MR) is 400 cm³/mol. The third-order valence-corrected chi connectivity index (χ3v) is 19.8. The Hall–Kier alpha value is -2.46. The van der Waals surface area contributed by atoms with Crippen LogP contribution in [0.15, 0.2) is 24.3 Å². The minimum atomic E-state index is -4.96. The Morgan fingerprint density at radius 1 is 0.316 bits per heavy atom. The number of allylic oxidation sites excluding steroid dienone is 4. The van der Waals surface area contributed by atoms with Gasteiger partial charge in [0.1, 0.15) is 19.3 Å². The van der Waals surface area contributed by atoms with Crippen LogP contribution in [0.3, 0.4) is 0 Å². The molecule has 0 aliphatic carbocycles. The van der Waals surface area contributed by atoms with Gasteiger partial charge in [0.25, 0.3) is 0 Å². The topological polar surface area (TPSA) is 237 Å². The second kappa shape index (κ2) is 71.5. The maximum absolute atomic E-state index is 13.1. The van der Waals surface area contributed by atoms with E-state index in [0.29, 0.717) is 25.7 Å². The average Bonchev–Trinajstić information content (AvgIpc) is 0.993. The van der Waals surface area contributed by atoms with Gasteiger partial charge in [0.2, 0.25) is 0 Å². The van der Waals surface area contributed by atoms with Gasteiger partial charge in [-0.05, 0) is 57.3 Å². The Morgan fingerprint density at radius 3 is 0.837 bits per heavy atom. The Labute approximate surface area is 599 Å². The van der Waals surface area contributed by atoms with Crippen molar-refractivity contribution in [1.82, 2.24) is 0 Å². The maximum Gasteiger partial charge on any atom is 0.472 e. The molecule has 17 nitrogen and oxygen atoms in total. The number of carbonyl (C=O) groups excluding carboxylic acids is 4. The van der Waals surface area contributed by atoms with Crippen LogP contribution in [0.5, 0.6) is 0 Å². The Kier molecular flexibility index (Phi) is 69.7. The van der Waals surface area contributed by atoms with Gasteiger partial charge in [0.15, 0.2) is 12.2 Å². The van der Waals surface area contributed by atoms with Crippen LogP contribution >= 0.6 is 15.6 Å². The first-order valence-electron chi connectivity index (χ1n) is 40.5. The lowest BCUT2D eigenvalue weighted by Crippen LogP contribution is -2.30. The molecule has 0 aliphatic heterocycles. The maximum atomic E-state index is 13.1. The lowest BCUT2D eigenvalue weighted by molar-refractivity contribution is -0.161. The molecule has 0 heterocycles. The second-order valence-corrected chi connectivity index (χ2v) is 31.2. The summed E-state index contributed by atoms with van der Waals surface area (Å²) in [7, 11) is -9.92. The number of hydrogen-bond acceptors (Lipinski definition) is 15. The van der Waals surface area contributed by atoms with E-state index in [4.69, 9.17) is 37.0 Å². The third kappa shape index (κ3) is 71.9. The fraction of sp³-hybridized carbons (Fsp3) is 0.899. The van der Waals surface area contributed by atoms with Crippen LogP contribution in [-0.2, 0) is 65.4 Å². The number of phosphoric ester groups is 2. The van der Waals surface area contributed by atoms with E-state index in [9.17, 15) is 43.2 Å². The molecule has 578 valence electrons. The Balaban J connectivity index is 5.15. The van der Waals surface area contributed by atoms with Crippen molar-refractivity contribution in [3.05, 3.63) is 24.3 Å². The molecule has 19 heteroatoms. The summed E-state index contributed by atoms with van der Waals surface area (Å²) in [5.74, 6) is -1.36. The molecule has 0 rings (SSSR count). The highest BCUT2D eigenvalue weighted by Gasteiger charge is 2.30. The molecule has 5 atom stereocenters. The minimum absolute atomic E-state index is 0.0844. The second-order valence-electron chi connectivity index (χ2n) is 28.2. The van der Waals surface area contributed by atoms with Crippen molar-refractivity contribution in [3.63, 3.8) is 0 Å². The van der Waals surface area contributed by atoms with E-state index >= 15 is 0 Å². The van der Waals surface area contributed by atoms with Crippen LogP contribution in [0.1, 0.15) is 394 Å². The number of phosphoric acid groups is 2. The lowest BCUT2D eigenvalue weighted by atomic mass is 10.0. The van der Waals surface area contributed by atoms with Crippen LogP contribution in [0.25, 0.3) is 0 Å². The Morgan fingerprint density at radius 2 is 0.551 bits per heavy atom. The summed E-state index contributed by atoms with van der Waals surface area (Å²) >= 11 is 0. The molecule has 2 unspecified atom stereocenters. The van der Waals surface area contributed by atoms with Crippen molar-refractivity contribution in [1.29, 1.82) is 0 Å². The molecule has 0 aliphatic rings. The van der Waals surface area contributed by atoms with E-state index in [-0.39, 0.29) is 25.7 Å². The van der Waals surface area contributed by atoms with Gasteiger partial charge in [-0.25, -0.2) is 9.13 Å². The summed E-state index contributed by atoms with van der Waals surface area (Å²) in [5, 5.41) is 10.6. The van der Waals surface area contributed by atoms with Gasteiger partial charge in [-0.15, -0.1) is 0 Å². The van der Waals surface area contributed by atoms with Crippen molar-refractivity contribution in [2.24, 2.45) is 5.92 Å². The SMILES string of the molecule is CCCCCC/C=C\C=C/CCCCCCCC(=O)O[C@H](COC(=O)CCCCCCC)COP(=O)(O)OC[C@H](O)COP(=O)(O)OC[C@@H](COC(=O)CCCCCCCCCCCCCCCCC(C)C)OC(=O)CCCCCCCCCCCCCCCCCCCCCCC. The summed E-state index contributed by atoms with van der Waals surface area (Å²) < 4.78 is 68.3. The highest BCUT2D eigenvalue weighted by molar-refractivity contribution is 7.47. The van der Waals surface area contributed by atoms with Gasteiger partial charge in [0.05, 0.1) is 26.4 Å². The summed E-state index contributed by atoms with van der Waals surface area (Å²) in [6, 6.07) is 0. The van der Waals surface area contributed by atoms with Crippen LogP contribution in [0, 0.1) is 5.92 Å². The monoisotopic (exact) mass is 1430 g/mol. The molecule has 0 aromatic rings. The van der Waals surface area contributed by atoms with E-state index < -0.39 is 97.5 Å². The van der Waals surface area contributed by atoms with E-state index in [1.54, 1.807) is 0 Å². The predicted octanol–water partition coefficient (Wildman–Crippen LogP) is 23.2. The first-order chi connectivity index (χ1) is 47.5. The smallest absolute Gasteiger partial charge is 0.462 e. The number of aliphatic hydroxyl groups excluding tert-OH is 1. The van der Waals surface area contributed by atoms with Crippen LogP contribution in [-0.4, -0.2) is 96.7 Å². The zero-order valence-electron chi connectivity index (χ0n) is 63.4. The van der Waals surface area contributed by atoms with Gasteiger partial charge in [-0.2, -0.15) is 0 Å². The van der Waals surface area contributed by atoms with Gasteiger partial charge in [0, 0.05) is 25.7 Å². The normalized spacial score (nSPS) is 14.1. The molecule has 0 radical (unpaired) electrons. The van der Waals surface area contributed by atoms with Crippen molar-refractivity contribution in [3.8, 4) is 0 Å². The molecule has 0 spiro atoms. The fourth-order valence-electron chi connectivity index (χ4n) is 11.7. The summed E-state index contributed by atoms with van der Waals surface area (Å²) in [4.78, 5) is 72.6. The fourth-order valence-corrected chi connectivity index (χ4v) is 13.3. The summed E-state index contributed by atoms with van der Waals surface area (Å²) in [6.45, 7) is 7.17. The first kappa shape index (κ1) is 95.5. The highest BCUT2D eigenvalue weighted by atomic mass is 31.2. The van der Waals surface area contributed by atoms with Crippen molar-refractivity contribution < 1.29 is 80.2 Å². The molecule has 0 saturated heterocycles. The number of aliphatic hydroxyl groups is 1. The molecule has 0 fully saturated rings. The van der Waals surface area contributed by atoms with Crippen LogP contribution in [0.2, 0.25) is 0 Å². The van der Waals surface area contributed by atoms with Crippen LogP contribution in [0.4, 0.5) is 0 Å². The number of hydrogen-bond donors (Lipinski definition) is 3.